The van der Waals surface area contributed by atoms with E-state index in [1.165, 1.54) is 15.5 Å². The molecule has 1 amide bonds. The predicted molar refractivity (Wildman–Crippen MR) is 117 cm³/mol. The van der Waals surface area contributed by atoms with E-state index in [4.69, 9.17) is 17.0 Å². The number of H-pyrrole nitrogens is 1. The fourth-order valence-electron chi connectivity index (χ4n) is 3.33. The molecular formula is C22H23F2N3O3S. The smallest absolute Gasteiger partial charge is 0.262 e. The molecule has 1 atom stereocenters. The summed E-state index contributed by atoms with van der Waals surface area (Å²) in [5.41, 5.74) is 1.02. The van der Waals surface area contributed by atoms with Gasteiger partial charge in [0.15, 0.2) is 16.4 Å². The van der Waals surface area contributed by atoms with Gasteiger partial charge in [-0.3, -0.25) is 14.2 Å². The molecule has 2 aromatic carbocycles. The first-order valence-electron chi connectivity index (χ1n) is 9.72. The van der Waals surface area contributed by atoms with Crippen LogP contribution in [0.15, 0.2) is 41.2 Å². The van der Waals surface area contributed by atoms with Crippen molar-refractivity contribution in [3.63, 3.8) is 0 Å². The minimum Gasteiger partial charge on any atom is -0.385 e. The molecule has 0 aliphatic heterocycles. The molecule has 3 aromatic rings. The number of halogens is 2. The van der Waals surface area contributed by atoms with Gasteiger partial charge < -0.3 is 14.6 Å². The maximum Gasteiger partial charge on any atom is 0.262 e. The van der Waals surface area contributed by atoms with E-state index in [1.807, 2.05) is 0 Å². The molecule has 1 N–H and O–H groups in total. The highest BCUT2D eigenvalue weighted by molar-refractivity contribution is 7.71. The molecule has 1 aromatic heterocycles. The quantitative estimate of drug-likeness (QED) is 0.435. The van der Waals surface area contributed by atoms with Crippen LogP contribution < -0.4 is 5.56 Å². The number of hydrogen-bond acceptors (Lipinski definition) is 4. The number of carbonyl (C=O) groups excluding carboxylic acids is 1. The number of carbonyl (C=O) groups is 1. The van der Waals surface area contributed by atoms with Gasteiger partial charge in [-0.05, 0) is 61.5 Å². The number of aromatic amines is 1. The largest absolute Gasteiger partial charge is 0.385 e. The Morgan fingerprint density at radius 2 is 1.97 bits per heavy atom. The Hall–Kier alpha value is -2.91. The standard InChI is InChI=1S/C22H23F2N3O3S/c1-13(14-6-8-17(23)18(24)11-14)26(2)20(28)15-5-7-16-19(12-15)25-22(31)27(21(16)29)9-4-10-30-3/h5-8,11-13H,4,9-10H2,1-3H3,(H,25,31). The molecule has 6 nitrogen and oxygen atoms in total. The second-order valence-corrected chi connectivity index (χ2v) is 7.65. The lowest BCUT2D eigenvalue weighted by atomic mass is 10.1. The Morgan fingerprint density at radius 3 is 2.65 bits per heavy atom. The average Bonchev–Trinajstić information content (AvgIpc) is 2.76. The van der Waals surface area contributed by atoms with E-state index in [9.17, 15) is 18.4 Å². The Balaban J connectivity index is 1.90. The summed E-state index contributed by atoms with van der Waals surface area (Å²) in [6, 6.07) is 7.78. The number of amides is 1. The van der Waals surface area contributed by atoms with Crippen LogP contribution in [0.1, 0.15) is 35.3 Å². The molecule has 9 heteroatoms. The number of aromatic nitrogens is 2. The van der Waals surface area contributed by atoms with E-state index < -0.39 is 17.7 Å². The molecule has 0 fully saturated rings. The van der Waals surface area contributed by atoms with Gasteiger partial charge in [0.25, 0.3) is 11.5 Å². The first-order chi connectivity index (χ1) is 14.7. The zero-order valence-electron chi connectivity index (χ0n) is 17.4. The summed E-state index contributed by atoms with van der Waals surface area (Å²) in [5.74, 6) is -2.24. The van der Waals surface area contributed by atoms with Gasteiger partial charge in [-0.15, -0.1) is 0 Å². The van der Waals surface area contributed by atoms with E-state index in [2.05, 4.69) is 4.98 Å². The molecule has 0 bridgehead atoms. The second kappa shape index (κ2) is 9.49. The van der Waals surface area contributed by atoms with Crippen molar-refractivity contribution in [1.29, 1.82) is 0 Å². The lowest BCUT2D eigenvalue weighted by Crippen LogP contribution is -2.30. The summed E-state index contributed by atoms with van der Waals surface area (Å²) in [6.45, 7) is 2.65. The topological polar surface area (TPSA) is 67.3 Å². The van der Waals surface area contributed by atoms with Gasteiger partial charge in [-0.1, -0.05) is 6.07 Å². The summed E-state index contributed by atoms with van der Waals surface area (Å²) in [7, 11) is 3.17. The molecule has 0 aliphatic rings. The first-order valence-corrected chi connectivity index (χ1v) is 10.1. The normalized spacial score (nSPS) is 12.2. The van der Waals surface area contributed by atoms with Gasteiger partial charge in [0.2, 0.25) is 0 Å². The number of nitrogens with one attached hydrogen (secondary N) is 1. The third-order valence-corrected chi connectivity index (χ3v) is 5.61. The fourth-order valence-corrected chi connectivity index (χ4v) is 3.62. The Kier molecular flexibility index (Phi) is 6.97. The molecule has 164 valence electrons. The average molecular weight is 448 g/mol. The van der Waals surface area contributed by atoms with Crippen LogP contribution in [0.2, 0.25) is 0 Å². The SMILES string of the molecule is COCCCn1c(=S)[nH]c2cc(C(=O)N(C)C(C)c3ccc(F)c(F)c3)ccc2c1=O. The molecule has 1 unspecified atom stereocenters. The van der Waals surface area contributed by atoms with Crippen molar-refractivity contribution in [2.75, 3.05) is 20.8 Å². The third-order valence-electron chi connectivity index (χ3n) is 5.29. The number of nitrogens with zero attached hydrogens (tertiary/aromatic N) is 2. The minimum atomic E-state index is -0.967. The van der Waals surface area contributed by atoms with Crippen LogP contribution in [0.25, 0.3) is 10.9 Å². The molecule has 0 saturated carbocycles. The van der Waals surface area contributed by atoms with Crippen molar-refractivity contribution < 1.29 is 18.3 Å². The van der Waals surface area contributed by atoms with Gasteiger partial charge in [0, 0.05) is 32.9 Å². The van der Waals surface area contributed by atoms with Crippen LogP contribution >= 0.6 is 12.2 Å². The van der Waals surface area contributed by atoms with Crippen LogP contribution in [-0.4, -0.2) is 41.1 Å². The van der Waals surface area contributed by atoms with Gasteiger partial charge in [-0.2, -0.15) is 0 Å². The van der Waals surface area contributed by atoms with E-state index in [0.717, 1.165) is 12.1 Å². The maximum atomic E-state index is 13.6. The number of rotatable bonds is 7. The second-order valence-electron chi connectivity index (χ2n) is 7.26. The van der Waals surface area contributed by atoms with E-state index in [0.29, 0.717) is 41.6 Å². The molecule has 0 radical (unpaired) electrons. The first kappa shape index (κ1) is 22.8. The van der Waals surface area contributed by atoms with Crippen LogP contribution in [0.4, 0.5) is 8.78 Å². The van der Waals surface area contributed by atoms with E-state index in [1.54, 1.807) is 39.3 Å². The molecule has 0 saturated heterocycles. The Morgan fingerprint density at radius 1 is 1.23 bits per heavy atom. The Labute approximate surface area is 183 Å². The number of fused-ring (bicyclic) bond motifs is 1. The van der Waals surface area contributed by atoms with Crippen molar-refractivity contribution in [3.05, 3.63) is 74.3 Å². The Bertz CT molecular complexity index is 1240. The maximum absolute atomic E-state index is 13.6. The number of ether oxygens (including phenoxy) is 1. The highest BCUT2D eigenvalue weighted by atomic mass is 32.1. The molecule has 31 heavy (non-hydrogen) atoms. The monoisotopic (exact) mass is 447 g/mol. The summed E-state index contributed by atoms with van der Waals surface area (Å²) in [4.78, 5) is 30.2. The molecule has 0 spiro atoms. The summed E-state index contributed by atoms with van der Waals surface area (Å²) in [5, 5.41) is 0.416. The number of methoxy groups -OCH3 is 1. The summed E-state index contributed by atoms with van der Waals surface area (Å²) in [6.07, 6.45) is 0.641. The lowest BCUT2D eigenvalue weighted by Gasteiger charge is -2.25. The van der Waals surface area contributed by atoms with E-state index in [-0.39, 0.29) is 16.2 Å². The number of benzene rings is 2. The highest BCUT2D eigenvalue weighted by Gasteiger charge is 2.21. The highest BCUT2D eigenvalue weighted by Crippen LogP contribution is 2.23. The van der Waals surface area contributed by atoms with Crippen molar-refractivity contribution >= 4 is 29.0 Å². The minimum absolute atomic E-state index is 0.239. The zero-order chi connectivity index (χ0) is 22.7. The lowest BCUT2D eigenvalue weighted by molar-refractivity contribution is 0.0742. The third kappa shape index (κ3) is 4.72. The fraction of sp³-hybridized carbons (Fsp3) is 0.318. The molecule has 0 aliphatic carbocycles. The van der Waals surface area contributed by atoms with Crippen LogP contribution in [-0.2, 0) is 11.3 Å². The van der Waals surface area contributed by atoms with Crippen molar-refractivity contribution in [1.82, 2.24) is 14.5 Å². The van der Waals surface area contributed by atoms with Crippen LogP contribution in [0.3, 0.4) is 0 Å². The van der Waals surface area contributed by atoms with Gasteiger partial charge in [0.1, 0.15) is 0 Å². The molecule has 1 heterocycles. The van der Waals surface area contributed by atoms with Crippen molar-refractivity contribution in [2.24, 2.45) is 0 Å². The summed E-state index contributed by atoms with van der Waals surface area (Å²) < 4.78 is 33.5. The van der Waals surface area contributed by atoms with Gasteiger partial charge in [0.05, 0.1) is 16.9 Å². The van der Waals surface area contributed by atoms with Crippen LogP contribution in [0.5, 0.6) is 0 Å². The van der Waals surface area contributed by atoms with Gasteiger partial charge >= 0.3 is 0 Å². The number of hydrogen-bond donors (Lipinski definition) is 1. The summed E-state index contributed by atoms with van der Waals surface area (Å²) >= 11 is 5.31. The molecular weight excluding hydrogens is 424 g/mol. The molecule has 3 rings (SSSR count). The predicted octanol–water partition coefficient (Wildman–Crippen LogP) is 4.21. The van der Waals surface area contributed by atoms with Crippen molar-refractivity contribution in [2.45, 2.75) is 25.9 Å². The zero-order valence-corrected chi connectivity index (χ0v) is 18.3. The van der Waals surface area contributed by atoms with Crippen LogP contribution in [0, 0.1) is 16.4 Å². The van der Waals surface area contributed by atoms with E-state index >= 15 is 0 Å². The van der Waals surface area contributed by atoms with Crippen molar-refractivity contribution in [3.8, 4) is 0 Å². The van der Waals surface area contributed by atoms with Gasteiger partial charge in [-0.25, -0.2) is 8.78 Å².